The van der Waals surface area contributed by atoms with Crippen LogP contribution in [0.2, 0.25) is 0 Å². The average molecular weight is 408 g/mol. The second-order valence-corrected chi connectivity index (χ2v) is 7.43. The number of nitrogens with zero attached hydrogens (tertiary/aromatic N) is 1. The van der Waals surface area contributed by atoms with E-state index in [1.165, 1.54) is 10.8 Å². The van der Waals surface area contributed by atoms with Gasteiger partial charge in [0.05, 0.1) is 13.2 Å². The lowest BCUT2D eigenvalue weighted by atomic mass is 10.2. The molecule has 3 unspecified atom stereocenters. The van der Waals surface area contributed by atoms with Crippen LogP contribution in [0.25, 0.3) is 0 Å². The molecule has 1 fully saturated rings. The molecule has 0 spiro atoms. The zero-order chi connectivity index (χ0) is 20.0. The van der Waals surface area contributed by atoms with Gasteiger partial charge in [-0.2, -0.15) is 0 Å². The van der Waals surface area contributed by atoms with E-state index in [-0.39, 0.29) is 32.7 Å². The third-order valence-corrected chi connectivity index (χ3v) is 4.99. The van der Waals surface area contributed by atoms with Gasteiger partial charge in [0.1, 0.15) is 18.4 Å². The molecule has 1 aliphatic rings. The normalized spacial score (nSPS) is 24.8. The number of rotatable bonds is 10. The Morgan fingerprint density at radius 3 is 2.85 bits per heavy atom. The third kappa shape index (κ3) is 6.08. The second kappa shape index (κ2) is 9.74. The molecule has 2 heterocycles. The Kier molecular flexibility index (Phi) is 7.92. The van der Waals surface area contributed by atoms with Gasteiger partial charge in [0, 0.05) is 31.4 Å². The summed E-state index contributed by atoms with van der Waals surface area (Å²) in [5, 5.41) is 8.73. The number of phosphoric ester groups is 1. The number of aliphatic hydroxyl groups excluding tert-OH is 1. The van der Waals surface area contributed by atoms with E-state index in [2.05, 4.69) is 4.98 Å². The molecule has 1 aliphatic heterocycles. The van der Waals surface area contributed by atoms with Crippen LogP contribution in [0, 0.1) is 6.92 Å². The average Bonchev–Trinajstić information content (AvgIpc) is 2.98. The molecular formula is C15H25N2O9P. The number of nitrogens with one attached hydrogen (secondary N) is 1. The van der Waals surface area contributed by atoms with Crippen molar-refractivity contribution in [1.82, 2.24) is 9.55 Å². The Hall–Kier alpha value is -1.33. The summed E-state index contributed by atoms with van der Waals surface area (Å²) >= 11 is 0. The highest BCUT2D eigenvalue weighted by Gasteiger charge is 2.42. The molecular weight excluding hydrogens is 383 g/mol. The highest BCUT2D eigenvalue weighted by molar-refractivity contribution is 7.47. The third-order valence-electron chi connectivity index (χ3n) is 3.95. The minimum absolute atomic E-state index is 0.0804. The van der Waals surface area contributed by atoms with Crippen LogP contribution in [0.15, 0.2) is 15.8 Å². The predicted octanol–water partition coefficient (Wildman–Crippen LogP) is 0.0536. The summed E-state index contributed by atoms with van der Waals surface area (Å²) in [6.07, 6.45) is -0.756. The first-order valence-electron chi connectivity index (χ1n) is 8.59. The Balaban J connectivity index is 2.16. The monoisotopic (exact) mass is 408 g/mol. The van der Waals surface area contributed by atoms with Gasteiger partial charge in [-0.05, 0) is 20.3 Å². The standard InChI is InChI=1S/C15H25N2O9P/c1-3-23-9-12-11(26-27(21,22)24-6-4-5-18)7-13(25-12)17-8-10(2)14(19)16-15(17)20/h8,11-13,18H,3-7,9H2,1-2H3,(H,21,22)(H,16,19,20)/t11-,12?,13?/m1/s1. The van der Waals surface area contributed by atoms with Crippen molar-refractivity contribution in [2.45, 2.75) is 45.1 Å². The topological polar surface area (TPSA) is 149 Å². The van der Waals surface area contributed by atoms with E-state index in [4.69, 9.17) is 23.6 Å². The van der Waals surface area contributed by atoms with Crippen molar-refractivity contribution in [2.24, 2.45) is 0 Å². The SMILES string of the molecule is CCOCC1OC(n2cc(C)c(=O)[nH]c2=O)C[C@H]1OP(=O)(O)OCCCO. The summed E-state index contributed by atoms with van der Waals surface area (Å²) in [6.45, 7) is 3.50. The fraction of sp³-hybridized carbons (Fsp3) is 0.733. The molecule has 1 aromatic heterocycles. The van der Waals surface area contributed by atoms with Gasteiger partial charge >= 0.3 is 13.5 Å². The van der Waals surface area contributed by atoms with Crippen LogP contribution in [0.1, 0.15) is 31.6 Å². The number of aromatic nitrogens is 2. The molecule has 12 heteroatoms. The fourth-order valence-corrected chi connectivity index (χ4v) is 3.60. The number of aromatic amines is 1. The van der Waals surface area contributed by atoms with Crippen molar-refractivity contribution in [3.05, 3.63) is 32.6 Å². The van der Waals surface area contributed by atoms with Gasteiger partial charge in [-0.1, -0.05) is 0 Å². The summed E-state index contributed by atoms with van der Waals surface area (Å²) in [5.41, 5.74) is -0.827. The molecule has 0 amide bonds. The van der Waals surface area contributed by atoms with Gasteiger partial charge in [0.2, 0.25) is 0 Å². The number of hydrogen-bond acceptors (Lipinski definition) is 8. The molecule has 0 bridgehead atoms. The van der Waals surface area contributed by atoms with E-state index in [1.54, 1.807) is 13.8 Å². The number of hydrogen-bond donors (Lipinski definition) is 3. The molecule has 0 aromatic carbocycles. The van der Waals surface area contributed by atoms with Gasteiger partial charge in [0.25, 0.3) is 5.56 Å². The predicted molar refractivity (Wildman–Crippen MR) is 93.4 cm³/mol. The maximum absolute atomic E-state index is 12.1. The molecule has 0 aliphatic carbocycles. The van der Waals surface area contributed by atoms with Crippen molar-refractivity contribution in [3.8, 4) is 0 Å². The van der Waals surface area contributed by atoms with E-state index >= 15 is 0 Å². The summed E-state index contributed by atoms with van der Waals surface area (Å²) in [6, 6.07) is 0. The quantitative estimate of drug-likeness (QED) is 0.361. The Bertz CT molecular complexity index is 777. The van der Waals surface area contributed by atoms with Crippen molar-refractivity contribution in [3.63, 3.8) is 0 Å². The lowest BCUT2D eigenvalue weighted by Gasteiger charge is -2.21. The summed E-state index contributed by atoms with van der Waals surface area (Å²) in [5.74, 6) is 0. The lowest BCUT2D eigenvalue weighted by molar-refractivity contribution is -0.0618. The van der Waals surface area contributed by atoms with Crippen LogP contribution >= 0.6 is 7.82 Å². The van der Waals surface area contributed by atoms with Gasteiger partial charge in [-0.25, -0.2) is 9.36 Å². The highest BCUT2D eigenvalue weighted by atomic mass is 31.2. The maximum atomic E-state index is 12.1. The maximum Gasteiger partial charge on any atom is 0.472 e. The largest absolute Gasteiger partial charge is 0.472 e. The molecule has 3 N–H and O–H groups in total. The molecule has 11 nitrogen and oxygen atoms in total. The molecule has 1 saturated heterocycles. The van der Waals surface area contributed by atoms with Crippen LogP contribution in [0.3, 0.4) is 0 Å². The summed E-state index contributed by atoms with van der Waals surface area (Å²) in [7, 11) is -4.38. The zero-order valence-electron chi connectivity index (χ0n) is 15.2. The first-order valence-corrected chi connectivity index (χ1v) is 10.1. The van der Waals surface area contributed by atoms with Crippen molar-refractivity contribution < 1.29 is 33.1 Å². The highest BCUT2D eigenvalue weighted by Crippen LogP contribution is 2.48. The van der Waals surface area contributed by atoms with Crippen LogP contribution in [0.4, 0.5) is 0 Å². The first kappa shape index (κ1) is 22.0. The molecule has 154 valence electrons. The molecule has 1 aromatic rings. The van der Waals surface area contributed by atoms with E-state index in [0.29, 0.717) is 12.2 Å². The Labute approximate surface area is 155 Å². The second-order valence-electron chi connectivity index (χ2n) is 6.03. The first-order chi connectivity index (χ1) is 12.8. The number of H-pyrrole nitrogens is 1. The Morgan fingerprint density at radius 1 is 1.44 bits per heavy atom. The number of ether oxygens (including phenoxy) is 2. The van der Waals surface area contributed by atoms with Gasteiger partial charge in [-0.3, -0.25) is 23.4 Å². The Morgan fingerprint density at radius 2 is 2.19 bits per heavy atom. The number of aryl methyl sites for hydroxylation is 1. The van der Waals surface area contributed by atoms with E-state index in [9.17, 15) is 19.0 Å². The van der Waals surface area contributed by atoms with Crippen LogP contribution in [0.5, 0.6) is 0 Å². The van der Waals surface area contributed by atoms with Gasteiger partial charge in [0.15, 0.2) is 0 Å². The lowest BCUT2D eigenvalue weighted by Crippen LogP contribution is -2.33. The summed E-state index contributed by atoms with van der Waals surface area (Å²) in [4.78, 5) is 35.6. The number of phosphoric acid groups is 1. The van der Waals surface area contributed by atoms with Gasteiger partial charge in [-0.15, -0.1) is 0 Å². The van der Waals surface area contributed by atoms with Crippen molar-refractivity contribution in [1.29, 1.82) is 0 Å². The van der Waals surface area contributed by atoms with Crippen molar-refractivity contribution in [2.75, 3.05) is 26.4 Å². The fourth-order valence-electron chi connectivity index (χ4n) is 2.61. The molecule has 0 radical (unpaired) electrons. The molecule has 2 rings (SSSR count). The minimum atomic E-state index is -4.38. The molecule has 0 saturated carbocycles. The zero-order valence-corrected chi connectivity index (χ0v) is 16.1. The molecule has 27 heavy (non-hydrogen) atoms. The van der Waals surface area contributed by atoms with Crippen molar-refractivity contribution >= 4 is 7.82 Å². The van der Waals surface area contributed by atoms with E-state index in [0.717, 1.165) is 0 Å². The van der Waals surface area contributed by atoms with Gasteiger partial charge < -0.3 is 19.5 Å². The van der Waals surface area contributed by atoms with Crippen LogP contribution < -0.4 is 11.2 Å². The smallest absolute Gasteiger partial charge is 0.396 e. The molecule has 4 atom stereocenters. The van der Waals surface area contributed by atoms with E-state index < -0.39 is 37.5 Å². The van der Waals surface area contributed by atoms with E-state index in [1.807, 2.05) is 0 Å². The minimum Gasteiger partial charge on any atom is -0.396 e. The number of aliphatic hydroxyl groups is 1. The van der Waals surface area contributed by atoms with Crippen LogP contribution in [-0.4, -0.2) is 58.2 Å². The van der Waals surface area contributed by atoms with Crippen LogP contribution in [-0.2, 0) is 23.1 Å². The summed E-state index contributed by atoms with van der Waals surface area (Å²) < 4.78 is 34.4.